The van der Waals surface area contributed by atoms with Crippen molar-refractivity contribution in [1.29, 1.82) is 0 Å². The zero-order valence-electron chi connectivity index (χ0n) is 11.5. The van der Waals surface area contributed by atoms with Crippen molar-refractivity contribution in [3.63, 3.8) is 0 Å². The largest absolute Gasteiger partial charge is 0.491 e. The van der Waals surface area contributed by atoms with Crippen molar-refractivity contribution < 1.29 is 27.8 Å². The predicted octanol–water partition coefficient (Wildman–Crippen LogP) is 3.48. The van der Waals surface area contributed by atoms with Crippen LogP contribution >= 0.6 is 0 Å². The molecular formula is C14H19F3O3. The first-order valence-electron chi connectivity index (χ1n) is 6.37. The summed E-state index contributed by atoms with van der Waals surface area (Å²) in [5, 5.41) is 10.0. The Kier molecular flexibility index (Phi) is 6.29. The van der Waals surface area contributed by atoms with E-state index >= 15 is 0 Å². The number of hydrogen-bond donors (Lipinski definition) is 1. The zero-order chi connectivity index (χ0) is 15.2. The molecule has 114 valence electrons. The average molecular weight is 292 g/mol. The van der Waals surface area contributed by atoms with Gasteiger partial charge < -0.3 is 14.6 Å². The zero-order valence-corrected chi connectivity index (χ0v) is 11.5. The number of halogens is 3. The average Bonchev–Trinajstić information content (AvgIpc) is 2.33. The maximum Gasteiger partial charge on any atom is 0.411 e. The molecular weight excluding hydrogens is 273 g/mol. The lowest BCUT2D eigenvalue weighted by molar-refractivity contribution is -0.175. The van der Waals surface area contributed by atoms with Crippen LogP contribution in [-0.2, 0) is 4.74 Å². The highest BCUT2D eigenvalue weighted by atomic mass is 19.4. The van der Waals surface area contributed by atoms with Crippen LogP contribution in [0.2, 0.25) is 0 Å². The van der Waals surface area contributed by atoms with E-state index in [1.165, 1.54) is 0 Å². The molecule has 0 aliphatic heterocycles. The van der Waals surface area contributed by atoms with Gasteiger partial charge in [0.2, 0.25) is 0 Å². The van der Waals surface area contributed by atoms with Gasteiger partial charge in [0.05, 0.1) is 12.2 Å². The van der Waals surface area contributed by atoms with Crippen LogP contribution in [0.5, 0.6) is 5.75 Å². The van der Waals surface area contributed by atoms with Crippen LogP contribution in [0, 0.1) is 0 Å². The highest BCUT2D eigenvalue weighted by Crippen LogP contribution is 2.28. The molecule has 1 rings (SSSR count). The third-order valence-electron chi connectivity index (χ3n) is 2.44. The van der Waals surface area contributed by atoms with Crippen molar-refractivity contribution in [3.05, 3.63) is 29.8 Å². The second-order valence-electron chi connectivity index (χ2n) is 4.68. The molecule has 0 fully saturated rings. The van der Waals surface area contributed by atoms with Crippen LogP contribution in [0.1, 0.15) is 31.9 Å². The van der Waals surface area contributed by atoms with Gasteiger partial charge in [-0.25, -0.2) is 0 Å². The number of benzene rings is 1. The number of aliphatic hydroxyl groups is 1. The maximum absolute atomic E-state index is 11.9. The molecule has 0 amide bonds. The molecule has 0 heterocycles. The maximum atomic E-state index is 11.9. The van der Waals surface area contributed by atoms with Crippen molar-refractivity contribution in [2.24, 2.45) is 0 Å². The van der Waals surface area contributed by atoms with Gasteiger partial charge in [-0.1, -0.05) is 18.2 Å². The van der Waals surface area contributed by atoms with Crippen molar-refractivity contribution >= 4 is 0 Å². The Morgan fingerprint density at radius 1 is 1.20 bits per heavy atom. The number of alkyl halides is 3. The smallest absolute Gasteiger partial charge is 0.411 e. The van der Waals surface area contributed by atoms with Gasteiger partial charge >= 0.3 is 6.18 Å². The molecule has 0 radical (unpaired) electrons. The van der Waals surface area contributed by atoms with Crippen molar-refractivity contribution in [2.75, 3.05) is 13.2 Å². The van der Waals surface area contributed by atoms with Gasteiger partial charge in [0.15, 0.2) is 0 Å². The molecule has 0 bridgehead atoms. The standard InChI is InChI=1S/C14H19F3O3/c1-10(2)20-13-6-4-3-5-11(13)12(18)7-8-19-9-14(15,16)17/h3-6,10,12,18H,7-9H2,1-2H3. The lowest BCUT2D eigenvalue weighted by atomic mass is 10.1. The molecule has 0 saturated heterocycles. The molecule has 1 aromatic rings. The van der Waals surface area contributed by atoms with E-state index in [1.54, 1.807) is 24.3 Å². The molecule has 1 aromatic carbocycles. The predicted molar refractivity (Wildman–Crippen MR) is 68.7 cm³/mol. The highest BCUT2D eigenvalue weighted by molar-refractivity contribution is 5.35. The first-order chi connectivity index (χ1) is 9.29. The number of para-hydroxylation sites is 1. The molecule has 1 N–H and O–H groups in total. The monoisotopic (exact) mass is 292 g/mol. The Bertz CT molecular complexity index is 405. The van der Waals surface area contributed by atoms with Crippen molar-refractivity contribution in [2.45, 2.75) is 38.7 Å². The van der Waals surface area contributed by atoms with E-state index in [2.05, 4.69) is 4.74 Å². The Morgan fingerprint density at radius 2 is 1.85 bits per heavy atom. The van der Waals surface area contributed by atoms with Gasteiger partial charge in [0.25, 0.3) is 0 Å². The molecule has 1 unspecified atom stereocenters. The lowest BCUT2D eigenvalue weighted by Gasteiger charge is -2.18. The molecule has 1 atom stereocenters. The van der Waals surface area contributed by atoms with E-state index in [4.69, 9.17) is 4.74 Å². The van der Waals surface area contributed by atoms with Crippen LogP contribution < -0.4 is 4.74 Å². The Labute approximate surface area is 116 Å². The van der Waals surface area contributed by atoms with Gasteiger partial charge in [-0.2, -0.15) is 13.2 Å². The molecule has 20 heavy (non-hydrogen) atoms. The van der Waals surface area contributed by atoms with Gasteiger partial charge in [0.1, 0.15) is 12.4 Å². The summed E-state index contributed by atoms with van der Waals surface area (Å²) >= 11 is 0. The second-order valence-corrected chi connectivity index (χ2v) is 4.68. The second kappa shape index (κ2) is 7.50. The number of aliphatic hydroxyl groups excluding tert-OH is 1. The van der Waals surface area contributed by atoms with E-state index < -0.39 is 18.9 Å². The van der Waals surface area contributed by atoms with Crippen LogP contribution in [0.3, 0.4) is 0 Å². The topological polar surface area (TPSA) is 38.7 Å². The van der Waals surface area contributed by atoms with Gasteiger partial charge in [-0.3, -0.25) is 0 Å². The first-order valence-corrected chi connectivity index (χ1v) is 6.37. The molecule has 0 saturated carbocycles. The molecule has 0 aliphatic carbocycles. The molecule has 0 aliphatic rings. The van der Waals surface area contributed by atoms with Gasteiger partial charge in [0, 0.05) is 18.6 Å². The summed E-state index contributed by atoms with van der Waals surface area (Å²) < 4.78 is 45.7. The van der Waals surface area contributed by atoms with Gasteiger partial charge in [-0.05, 0) is 19.9 Å². The van der Waals surface area contributed by atoms with E-state index in [1.807, 2.05) is 13.8 Å². The van der Waals surface area contributed by atoms with Crippen LogP contribution in [0.15, 0.2) is 24.3 Å². The number of hydrogen-bond acceptors (Lipinski definition) is 3. The molecule has 0 spiro atoms. The minimum Gasteiger partial charge on any atom is -0.491 e. The Hall–Kier alpha value is -1.27. The fourth-order valence-corrected chi connectivity index (χ4v) is 1.66. The van der Waals surface area contributed by atoms with Gasteiger partial charge in [-0.15, -0.1) is 0 Å². The fourth-order valence-electron chi connectivity index (χ4n) is 1.66. The summed E-state index contributed by atoms with van der Waals surface area (Å²) in [6.45, 7) is 2.24. The van der Waals surface area contributed by atoms with E-state index in [0.717, 1.165) is 0 Å². The molecule has 3 nitrogen and oxygen atoms in total. The summed E-state index contributed by atoms with van der Waals surface area (Å²) in [4.78, 5) is 0. The summed E-state index contributed by atoms with van der Waals surface area (Å²) in [5.74, 6) is 0.533. The number of rotatable bonds is 7. The third kappa shape index (κ3) is 6.25. The fraction of sp³-hybridized carbons (Fsp3) is 0.571. The Morgan fingerprint density at radius 3 is 2.45 bits per heavy atom. The van der Waals surface area contributed by atoms with E-state index in [-0.39, 0.29) is 19.1 Å². The third-order valence-corrected chi connectivity index (χ3v) is 2.44. The van der Waals surface area contributed by atoms with Crippen LogP contribution in [-0.4, -0.2) is 30.6 Å². The summed E-state index contributed by atoms with van der Waals surface area (Å²) in [7, 11) is 0. The SMILES string of the molecule is CC(C)Oc1ccccc1C(O)CCOCC(F)(F)F. The molecule has 0 aromatic heterocycles. The van der Waals surface area contributed by atoms with Crippen molar-refractivity contribution in [1.82, 2.24) is 0 Å². The Balaban J connectivity index is 2.52. The summed E-state index contributed by atoms with van der Waals surface area (Å²) in [6.07, 6.45) is -5.24. The first kappa shape index (κ1) is 16.8. The van der Waals surface area contributed by atoms with E-state index in [0.29, 0.717) is 11.3 Å². The van der Waals surface area contributed by atoms with Crippen molar-refractivity contribution in [3.8, 4) is 5.75 Å². The summed E-state index contributed by atoms with van der Waals surface area (Å²) in [5.41, 5.74) is 0.553. The minimum atomic E-state index is -4.34. The molecule has 6 heteroatoms. The normalized spacial score (nSPS) is 13.6. The van der Waals surface area contributed by atoms with Crippen LogP contribution in [0.4, 0.5) is 13.2 Å². The van der Waals surface area contributed by atoms with Crippen LogP contribution in [0.25, 0.3) is 0 Å². The quantitative estimate of drug-likeness (QED) is 0.782. The highest BCUT2D eigenvalue weighted by Gasteiger charge is 2.27. The summed E-state index contributed by atoms with van der Waals surface area (Å²) in [6, 6.07) is 6.91. The van der Waals surface area contributed by atoms with E-state index in [9.17, 15) is 18.3 Å². The lowest BCUT2D eigenvalue weighted by Crippen LogP contribution is -2.18. The minimum absolute atomic E-state index is 0.0511. The number of ether oxygens (including phenoxy) is 2.